The van der Waals surface area contributed by atoms with Crippen LogP contribution in [0.15, 0.2) is 30.3 Å². The maximum Gasteiger partial charge on any atom is 0.272 e. The number of rotatable bonds is 4. The summed E-state index contributed by atoms with van der Waals surface area (Å²) in [6.45, 7) is 3.78. The zero-order chi connectivity index (χ0) is 18.1. The van der Waals surface area contributed by atoms with Crippen molar-refractivity contribution in [3.63, 3.8) is 0 Å². The van der Waals surface area contributed by atoms with Gasteiger partial charge in [0.05, 0.1) is 19.9 Å². The van der Waals surface area contributed by atoms with Gasteiger partial charge in [-0.15, -0.1) is 0 Å². The Morgan fingerprint density at radius 1 is 1.12 bits per heavy atom. The van der Waals surface area contributed by atoms with E-state index in [1.54, 1.807) is 19.2 Å². The highest BCUT2D eigenvalue weighted by atomic mass is 35.5. The number of fused-ring (bicyclic) bond motifs is 1. The van der Waals surface area contributed by atoms with Crippen LogP contribution in [0.1, 0.15) is 21.6 Å². The predicted octanol–water partition coefficient (Wildman–Crippen LogP) is 4.71. The first-order valence-corrected chi connectivity index (χ1v) is 8.14. The largest absolute Gasteiger partial charge is 0.497 e. The lowest BCUT2D eigenvalue weighted by Gasteiger charge is -2.12. The van der Waals surface area contributed by atoms with Gasteiger partial charge in [0.25, 0.3) is 5.91 Å². The normalized spacial score (nSPS) is 10.8. The molecule has 0 aliphatic rings. The number of benzene rings is 2. The minimum Gasteiger partial charge on any atom is -0.497 e. The second-order valence-corrected chi connectivity index (χ2v) is 6.20. The van der Waals surface area contributed by atoms with Gasteiger partial charge in [0, 0.05) is 28.1 Å². The van der Waals surface area contributed by atoms with Crippen LogP contribution < -0.4 is 14.8 Å². The van der Waals surface area contributed by atoms with Gasteiger partial charge in [-0.1, -0.05) is 11.6 Å². The molecule has 25 heavy (non-hydrogen) atoms. The van der Waals surface area contributed by atoms with E-state index >= 15 is 0 Å². The van der Waals surface area contributed by atoms with Gasteiger partial charge in [0.2, 0.25) is 0 Å². The number of carbonyl (C=O) groups is 1. The molecule has 3 aromatic rings. The molecule has 1 aromatic heterocycles. The number of carbonyl (C=O) groups excluding carboxylic acids is 1. The lowest BCUT2D eigenvalue weighted by Crippen LogP contribution is -2.14. The number of methoxy groups -OCH3 is 2. The molecule has 0 saturated heterocycles. The maximum absolute atomic E-state index is 12.8. The Hall–Kier alpha value is -2.66. The maximum atomic E-state index is 12.8. The molecular weight excluding hydrogens is 340 g/mol. The van der Waals surface area contributed by atoms with Crippen LogP contribution in [0.2, 0.25) is 5.02 Å². The number of aryl methyl sites for hydroxylation is 2. The van der Waals surface area contributed by atoms with E-state index in [2.05, 4.69) is 10.3 Å². The third kappa shape index (κ3) is 3.15. The predicted molar refractivity (Wildman–Crippen MR) is 100 cm³/mol. The van der Waals surface area contributed by atoms with E-state index in [0.29, 0.717) is 22.2 Å². The summed E-state index contributed by atoms with van der Waals surface area (Å²) >= 11 is 6.11. The number of halogens is 1. The summed E-state index contributed by atoms with van der Waals surface area (Å²) < 4.78 is 10.5. The highest BCUT2D eigenvalue weighted by Gasteiger charge is 2.17. The Bertz CT molecular complexity index is 963. The quantitative estimate of drug-likeness (QED) is 0.710. The van der Waals surface area contributed by atoms with Crippen LogP contribution >= 0.6 is 11.6 Å². The molecule has 1 heterocycles. The number of amides is 1. The number of anilines is 1. The molecule has 0 bridgehead atoms. The van der Waals surface area contributed by atoms with Gasteiger partial charge >= 0.3 is 0 Å². The number of nitrogens with one attached hydrogen (secondary N) is 2. The minimum atomic E-state index is -0.243. The van der Waals surface area contributed by atoms with Crippen molar-refractivity contribution in [1.82, 2.24) is 4.98 Å². The summed E-state index contributed by atoms with van der Waals surface area (Å²) in [6.07, 6.45) is 0. The first kappa shape index (κ1) is 17.2. The van der Waals surface area contributed by atoms with Crippen LogP contribution in [0.3, 0.4) is 0 Å². The lowest BCUT2D eigenvalue weighted by molar-refractivity contribution is 0.102. The zero-order valence-corrected chi connectivity index (χ0v) is 15.2. The second-order valence-electron chi connectivity index (χ2n) is 5.79. The zero-order valence-electron chi connectivity index (χ0n) is 14.5. The van der Waals surface area contributed by atoms with Crippen molar-refractivity contribution < 1.29 is 14.3 Å². The number of hydrogen-bond acceptors (Lipinski definition) is 3. The average molecular weight is 359 g/mol. The molecule has 3 rings (SSSR count). The smallest absolute Gasteiger partial charge is 0.272 e. The van der Waals surface area contributed by atoms with Crippen molar-refractivity contribution in [2.45, 2.75) is 13.8 Å². The van der Waals surface area contributed by atoms with Crippen LogP contribution in [-0.4, -0.2) is 25.1 Å². The number of aromatic amines is 1. The summed E-state index contributed by atoms with van der Waals surface area (Å²) in [6, 6.07) is 9.15. The Labute approximate surface area is 150 Å². The number of ether oxygens (including phenoxy) is 2. The van der Waals surface area contributed by atoms with Crippen LogP contribution in [0.5, 0.6) is 11.5 Å². The summed E-state index contributed by atoms with van der Waals surface area (Å²) in [4.78, 5) is 15.9. The fourth-order valence-corrected chi connectivity index (χ4v) is 2.94. The third-order valence-electron chi connectivity index (χ3n) is 4.22. The topological polar surface area (TPSA) is 63.4 Å². The molecule has 0 atom stereocenters. The Kier molecular flexibility index (Phi) is 4.59. The average Bonchev–Trinajstić information content (AvgIpc) is 2.94. The van der Waals surface area contributed by atoms with Gasteiger partial charge in [-0.2, -0.15) is 0 Å². The summed E-state index contributed by atoms with van der Waals surface area (Å²) in [7, 11) is 3.15. The van der Waals surface area contributed by atoms with Crippen molar-refractivity contribution in [2.24, 2.45) is 0 Å². The van der Waals surface area contributed by atoms with Gasteiger partial charge in [-0.25, -0.2) is 0 Å². The van der Waals surface area contributed by atoms with Crippen LogP contribution in [0.4, 0.5) is 5.69 Å². The Morgan fingerprint density at radius 3 is 2.56 bits per heavy atom. The van der Waals surface area contributed by atoms with E-state index < -0.39 is 0 Å². The molecule has 0 saturated carbocycles. The highest BCUT2D eigenvalue weighted by molar-refractivity contribution is 6.31. The molecule has 0 aliphatic carbocycles. The van der Waals surface area contributed by atoms with Gasteiger partial charge in [0.15, 0.2) is 0 Å². The first-order chi connectivity index (χ1) is 11.9. The molecule has 0 radical (unpaired) electrons. The van der Waals surface area contributed by atoms with E-state index in [9.17, 15) is 4.79 Å². The molecular formula is C19H19ClN2O3. The Balaban J connectivity index is 1.98. The molecule has 6 heteroatoms. The SMILES string of the molecule is COc1ccc2c(C)c(C(=O)Nc3cc(C)c(Cl)cc3OC)[nH]c2c1. The lowest BCUT2D eigenvalue weighted by atomic mass is 10.1. The van der Waals surface area contributed by atoms with E-state index in [0.717, 1.165) is 27.8 Å². The molecule has 0 unspecified atom stereocenters. The van der Waals surface area contributed by atoms with Crippen molar-refractivity contribution in [2.75, 3.05) is 19.5 Å². The molecule has 1 amide bonds. The van der Waals surface area contributed by atoms with Gasteiger partial charge in [0.1, 0.15) is 17.2 Å². The minimum absolute atomic E-state index is 0.243. The molecule has 2 aromatic carbocycles. The van der Waals surface area contributed by atoms with Crippen molar-refractivity contribution in [3.05, 3.63) is 52.2 Å². The third-order valence-corrected chi connectivity index (χ3v) is 4.63. The fourth-order valence-electron chi connectivity index (χ4n) is 2.79. The van der Waals surface area contributed by atoms with E-state index in [1.807, 2.05) is 32.0 Å². The van der Waals surface area contributed by atoms with Gasteiger partial charge in [-0.3, -0.25) is 4.79 Å². The Morgan fingerprint density at radius 2 is 1.88 bits per heavy atom. The summed E-state index contributed by atoms with van der Waals surface area (Å²) in [5, 5.41) is 4.45. The van der Waals surface area contributed by atoms with E-state index in [1.165, 1.54) is 7.11 Å². The molecule has 130 valence electrons. The number of aromatic nitrogens is 1. The van der Waals surface area contributed by atoms with Crippen molar-refractivity contribution >= 4 is 34.1 Å². The van der Waals surface area contributed by atoms with Gasteiger partial charge < -0.3 is 19.8 Å². The monoisotopic (exact) mass is 358 g/mol. The van der Waals surface area contributed by atoms with Crippen LogP contribution in [0, 0.1) is 13.8 Å². The molecule has 0 fully saturated rings. The van der Waals surface area contributed by atoms with Crippen LogP contribution in [-0.2, 0) is 0 Å². The van der Waals surface area contributed by atoms with Crippen molar-refractivity contribution in [1.29, 1.82) is 0 Å². The fraction of sp³-hybridized carbons (Fsp3) is 0.211. The van der Waals surface area contributed by atoms with Crippen molar-refractivity contribution in [3.8, 4) is 11.5 Å². The van der Waals surface area contributed by atoms with E-state index in [-0.39, 0.29) is 5.91 Å². The molecule has 5 nitrogen and oxygen atoms in total. The number of hydrogen-bond donors (Lipinski definition) is 2. The van der Waals surface area contributed by atoms with Gasteiger partial charge in [-0.05, 0) is 43.2 Å². The second kappa shape index (κ2) is 6.69. The molecule has 2 N–H and O–H groups in total. The number of H-pyrrole nitrogens is 1. The molecule has 0 aliphatic heterocycles. The summed E-state index contributed by atoms with van der Waals surface area (Å²) in [5.74, 6) is 1.00. The standard InChI is InChI=1S/C19H19ClN2O3/c1-10-7-16(17(25-4)9-14(10)20)22-19(23)18-11(2)13-6-5-12(24-3)8-15(13)21-18/h5-9,21H,1-4H3,(H,22,23). The highest BCUT2D eigenvalue weighted by Crippen LogP contribution is 2.32. The first-order valence-electron chi connectivity index (χ1n) is 7.76. The molecule has 0 spiro atoms. The summed E-state index contributed by atoms with van der Waals surface area (Å²) in [5.41, 5.74) is 3.65. The van der Waals surface area contributed by atoms with Crippen LogP contribution in [0.25, 0.3) is 10.9 Å². The van der Waals surface area contributed by atoms with E-state index in [4.69, 9.17) is 21.1 Å².